The number of rotatable bonds is 4. The first-order valence-electron chi connectivity index (χ1n) is 9.15. The molecular formula is C18H16F5N7O. The maximum atomic E-state index is 13.6. The smallest absolute Gasteiger partial charge is 0.341 e. The highest BCUT2D eigenvalue weighted by molar-refractivity contribution is 5.91. The molecule has 8 nitrogen and oxygen atoms in total. The first-order chi connectivity index (χ1) is 14.4. The van der Waals surface area contributed by atoms with E-state index in [0.29, 0.717) is 29.9 Å². The van der Waals surface area contributed by atoms with E-state index in [4.69, 9.17) is 0 Å². The van der Waals surface area contributed by atoms with E-state index < -0.39 is 41.4 Å². The summed E-state index contributed by atoms with van der Waals surface area (Å²) < 4.78 is 67.9. The second kappa shape index (κ2) is 7.10. The Kier molecular flexibility index (Phi) is 4.78. The summed E-state index contributed by atoms with van der Waals surface area (Å²) in [5.41, 5.74) is 1.05. The molecule has 0 saturated carbocycles. The fraction of sp³-hybridized carbons (Fsp3) is 0.389. The van der Waals surface area contributed by atoms with Crippen molar-refractivity contribution in [2.75, 3.05) is 0 Å². The lowest BCUT2D eigenvalue weighted by Crippen LogP contribution is -2.29. The molecule has 31 heavy (non-hydrogen) atoms. The maximum Gasteiger partial charge on any atom is 0.453 e. The number of aryl methyl sites for hydroxylation is 2. The summed E-state index contributed by atoms with van der Waals surface area (Å²) in [7, 11) is 1.19. The Morgan fingerprint density at radius 3 is 2.58 bits per heavy atom. The van der Waals surface area contributed by atoms with E-state index in [-0.39, 0.29) is 0 Å². The number of carbonyl (C=O) groups excluding carboxylic acids is 1. The third kappa shape index (κ3) is 3.99. The van der Waals surface area contributed by atoms with Gasteiger partial charge < -0.3 is 5.32 Å². The summed E-state index contributed by atoms with van der Waals surface area (Å²) in [6, 6.07) is 3.89. The molecule has 1 aliphatic heterocycles. The molecule has 1 aliphatic rings. The minimum absolute atomic E-state index is 0.397. The van der Waals surface area contributed by atoms with Crippen LogP contribution < -0.4 is 5.32 Å². The van der Waals surface area contributed by atoms with Gasteiger partial charge in [-0.05, 0) is 24.6 Å². The lowest BCUT2D eigenvalue weighted by molar-refractivity contribution is -0.144. The van der Waals surface area contributed by atoms with Crippen LogP contribution in [0.1, 0.15) is 47.2 Å². The fourth-order valence-corrected chi connectivity index (χ4v) is 3.33. The molecule has 0 fully saturated rings. The van der Waals surface area contributed by atoms with Crippen LogP contribution in [-0.4, -0.2) is 35.4 Å². The van der Waals surface area contributed by atoms with Gasteiger partial charge in [-0.1, -0.05) is 0 Å². The first-order valence-corrected chi connectivity index (χ1v) is 9.15. The number of hydrogen-bond acceptors (Lipinski definition) is 5. The van der Waals surface area contributed by atoms with Gasteiger partial charge in [0.2, 0.25) is 5.82 Å². The zero-order chi connectivity index (χ0) is 22.6. The third-order valence-electron chi connectivity index (χ3n) is 4.83. The molecule has 4 heterocycles. The van der Waals surface area contributed by atoms with Crippen LogP contribution in [-0.2, 0) is 25.7 Å². The van der Waals surface area contributed by atoms with Gasteiger partial charge in [0.25, 0.3) is 17.7 Å². The van der Waals surface area contributed by atoms with Crippen molar-refractivity contribution in [2.24, 2.45) is 7.05 Å². The Hall–Kier alpha value is -3.38. The molecule has 0 aliphatic carbocycles. The van der Waals surface area contributed by atoms with Crippen LogP contribution in [0.5, 0.6) is 0 Å². The van der Waals surface area contributed by atoms with Crippen LogP contribution in [0, 0.1) is 0 Å². The highest BCUT2D eigenvalue weighted by Gasteiger charge is 2.38. The summed E-state index contributed by atoms with van der Waals surface area (Å²) in [6.07, 6.45) is -3.04. The van der Waals surface area contributed by atoms with Gasteiger partial charge in [0.15, 0.2) is 0 Å². The third-order valence-corrected chi connectivity index (χ3v) is 4.83. The molecule has 0 aromatic carbocycles. The van der Waals surface area contributed by atoms with Crippen LogP contribution in [0.15, 0.2) is 24.4 Å². The second-order valence-electron chi connectivity index (χ2n) is 7.19. The Labute approximate surface area is 172 Å². The van der Waals surface area contributed by atoms with Gasteiger partial charge in [-0.2, -0.15) is 32.0 Å². The SMILES string of the molecule is Cn1nc(C(F)(F)F)nc1C(=O)NC1CCn2nc(-c3ccnc(C(C)(F)F)c3)cc21. The van der Waals surface area contributed by atoms with E-state index in [1.54, 1.807) is 16.8 Å². The Bertz CT molecular complexity index is 1150. The predicted octanol–water partition coefficient (Wildman–Crippen LogP) is 3.08. The van der Waals surface area contributed by atoms with Gasteiger partial charge in [-0.3, -0.25) is 14.5 Å². The Morgan fingerprint density at radius 1 is 1.19 bits per heavy atom. The number of hydrogen-bond donors (Lipinski definition) is 1. The molecule has 4 rings (SSSR count). The van der Waals surface area contributed by atoms with Crippen molar-refractivity contribution in [3.8, 4) is 11.3 Å². The molecule has 0 spiro atoms. The van der Waals surface area contributed by atoms with E-state index >= 15 is 0 Å². The molecular weight excluding hydrogens is 425 g/mol. The van der Waals surface area contributed by atoms with Crippen LogP contribution in [0.3, 0.4) is 0 Å². The van der Waals surface area contributed by atoms with E-state index in [2.05, 4.69) is 25.5 Å². The standard InChI is InChI=1S/C18H16F5N7O/c1-17(19,20)13-7-9(3-5-24-13)11-8-12-10(4-6-30(12)27-11)25-15(31)14-26-16(18(21,22)23)28-29(14)2/h3,5,7-8,10H,4,6H2,1-2H3,(H,25,31). The number of halogens is 5. The topological polar surface area (TPSA) is 90.5 Å². The molecule has 0 bridgehead atoms. The number of amides is 1. The monoisotopic (exact) mass is 441 g/mol. The van der Waals surface area contributed by atoms with Crippen molar-refractivity contribution >= 4 is 5.91 Å². The maximum absolute atomic E-state index is 13.6. The summed E-state index contributed by atoms with van der Waals surface area (Å²) in [6.45, 7) is 1.18. The van der Waals surface area contributed by atoms with Crippen LogP contribution in [0.4, 0.5) is 22.0 Å². The minimum Gasteiger partial charge on any atom is -0.341 e. The zero-order valence-corrected chi connectivity index (χ0v) is 16.3. The van der Waals surface area contributed by atoms with Crippen LogP contribution >= 0.6 is 0 Å². The molecule has 1 N–H and O–H groups in total. The van der Waals surface area contributed by atoms with Crippen molar-refractivity contribution in [2.45, 2.75) is 38.0 Å². The van der Waals surface area contributed by atoms with E-state index in [0.717, 1.165) is 11.6 Å². The highest BCUT2D eigenvalue weighted by atomic mass is 19.4. The first kappa shape index (κ1) is 20.9. The number of pyridine rings is 1. The lowest BCUT2D eigenvalue weighted by Gasteiger charge is -2.11. The highest BCUT2D eigenvalue weighted by Crippen LogP contribution is 2.32. The Morgan fingerprint density at radius 2 is 1.94 bits per heavy atom. The summed E-state index contributed by atoms with van der Waals surface area (Å²) in [4.78, 5) is 19.4. The van der Waals surface area contributed by atoms with Gasteiger partial charge >= 0.3 is 6.18 Å². The molecule has 0 radical (unpaired) electrons. The molecule has 164 valence electrons. The average Bonchev–Trinajstić information content (AvgIpc) is 3.36. The molecule has 1 amide bonds. The molecule has 0 saturated heterocycles. The van der Waals surface area contributed by atoms with E-state index in [1.807, 2.05) is 0 Å². The predicted molar refractivity (Wildman–Crippen MR) is 95.9 cm³/mol. The number of carbonyl (C=O) groups is 1. The quantitative estimate of drug-likeness (QED) is 0.629. The van der Waals surface area contributed by atoms with Gasteiger partial charge in [-0.15, -0.1) is 5.10 Å². The number of aromatic nitrogens is 6. The number of alkyl halides is 5. The summed E-state index contributed by atoms with van der Waals surface area (Å²) in [5, 5.41) is 10.2. The number of nitrogens with one attached hydrogen (secondary N) is 1. The van der Waals surface area contributed by atoms with Gasteiger partial charge in [-0.25, -0.2) is 4.68 Å². The lowest BCUT2D eigenvalue weighted by atomic mass is 10.1. The van der Waals surface area contributed by atoms with Gasteiger partial charge in [0, 0.05) is 32.3 Å². The second-order valence-corrected chi connectivity index (χ2v) is 7.19. The van der Waals surface area contributed by atoms with Crippen molar-refractivity contribution < 1.29 is 26.7 Å². The van der Waals surface area contributed by atoms with Gasteiger partial charge in [0.1, 0.15) is 5.69 Å². The van der Waals surface area contributed by atoms with Crippen molar-refractivity contribution in [3.63, 3.8) is 0 Å². The fourth-order valence-electron chi connectivity index (χ4n) is 3.33. The molecule has 1 atom stereocenters. The van der Waals surface area contributed by atoms with Crippen molar-refractivity contribution in [3.05, 3.63) is 47.4 Å². The average molecular weight is 441 g/mol. The molecule has 1 unspecified atom stereocenters. The Balaban J connectivity index is 1.56. The molecule has 3 aromatic rings. The summed E-state index contributed by atoms with van der Waals surface area (Å²) in [5.74, 6) is -5.81. The van der Waals surface area contributed by atoms with Crippen molar-refractivity contribution in [1.29, 1.82) is 0 Å². The van der Waals surface area contributed by atoms with E-state index in [9.17, 15) is 26.7 Å². The summed E-state index contributed by atoms with van der Waals surface area (Å²) >= 11 is 0. The number of nitrogens with zero attached hydrogens (tertiary/aromatic N) is 6. The van der Waals surface area contributed by atoms with Crippen LogP contribution in [0.2, 0.25) is 0 Å². The van der Waals surface area contributed by atoms with Crippen molar-refractivity contribution in [1.82, 2.24) is 34.8 Å². The largest absolute Gasteiger partial charge is 0.453 e. The van der Waals surface area contributed by atoms with Gasteiger partial charge in [0.05, 0.1) is 17.4 Å². The van der Waals surface area contributed by atoms with E-state index in [1.165, 1.54) is 19.3 Å². The zero-order valence-electron chi connectivity index (χ0n) is 16.3. The number of fused-ring (bicyclic) bond motifs is 1. The van der Waals surface area contributed by atoms with Crippen LogP contribution in [0.25, 0.3) is 11.3 Å². The normalized spacial score (nSPS) is 16.4. The minimum atomic E-state index is -4.77. The molecule has 3 aromatic heterocycles. The molecule has 13 heteroatoms.